The van der Waals surface area contributed by atoms with Crippen molar-refractivity contribution in [2.45, 2.75) is 39.7 Å². The van der Waals surface area contributed by atoms with Crippen LogP contribution in [0, 0.1) is 5.41 Å². The van der Waals surface area contributed by atoms with Gasteiger partial charge < -0.3 is 15.4 Å². The molecule has 0 radical (unpaired) electrons. The lowest BCUT2D eigenvalue weighted by Crippen LogP contribution is -2.45. The van der Waals surface area contributed by atoms with E-state index in [1.165, 1.54) is 6.26 Å². The van der Waals surface area contributed by atoms with E-state index in [0.717, 1.165) is 6.42 Å². The summed E-state index contributed by atoms with van der Waals surface area (Å²) in [6.07, 6.45) is 2.61. The first-order chi connectivity index (χ1) is 12.6. The molecule has 0 spiro atoms. The van der Waals surface area contributed by atoms with Gasteiger partial charge in [-0.3, -0.25) is 4.99 Å². The van der Waals surface area contributed by atoms with Crippen LogP contribution in [0.5, 0.6) is 5.75 Å². The van der Waals surface area contributed by atoms with Crippen LogP contribution in [0.4, 0.5) is 0 Å². The Hall–Kier alpha value is -0.740. The highest BCUT2D eigenvalue weighted by Crippen LogP contribution is 2.24. The maximum absolute atomic E-state index is 11.4. The molecule has 2 N–H and O–H groups in total. The average molecular weight is 546 g/mol. The van der Waals surface area contributed by atoms with Crippen LogP contribution in [0.1, 0.15) is 33.6 Å². The van der Waals surface area contributed by atoms with Gasteiger partial charge in [-0.2, -0.15) is 0 Å². The summed E-state index contributed by atoms with van der Waals surface area (Å²) >= 11 is 6.15. The van der Waals surface area contributed by atoms with Crippen molar-refractivity contribution >= 4 is 51.4 Å². The van der Waals surface area contributed by atoms with Gasteiger partial charge in [0.1, 0.15) is 21.7 Å². The van der Waals surface area contributed by atoms with Gasteiger partial charge in [-0.15, -0.1) is 24.0 Å². The fourth-order valence-electron chi connectivity index (χ4n) is 2.29. The molecule has 162 valence electrons. The van der Waals surface area contributed by atoms with Crippen LogP contribution in [0.2, 0.25) is 5.02 Å². The molecule has 0 aliphatic heterocycles. The Balaban J connectivity index is 0.00000729. The zero-order valence-electron chi connectivity index (χ0n) is 17.3. The standard InChI is InChI=1S/C19H32ClN3O3S.HI/c1-6-15(26-17-10-8-7-9-16(17)20)13-22-18(21-4)23-14-19(2,3)11-12-27(5,24)25;/h7-10,15H,6,11-14H2,1-5H3,(H2,21,22,23);1H. The van der Waals surface area contributed by atoms with Crippen LogP contribution in [0.3, 0.4) is 0 Å². The first-order valence-corrected chi connectivity index (χ1v) is 11.5. The van der Waals surface area contributed by atoms with E-state index >= 15 is 0 Å². The Morgan fingerprint density at radius 2 is 1.93 bits per heavy atom. The molecule has 1 unspecified atom stereocenters. The number of halogens is 2. The van der Waals surface area contributed by atoms with Gasteiger partial charge in [0.15, 0.2) is 5.96 Å². The number of benzene rings is 1. The second kappa shape index (κ2) is 12.7. The predicted octanol–water partition coefficient (Wildman–Crippen LogP) is 3.74. The topological polar surface area (TPSA) is 79.8 Å². The normalized spacial score (nSPS) is 13.4. The maximum atomic E-state index is 11.4. The minimum Gasteiger partial charge on any atom is -0.487 e. The largest absolute Gasteiger partial charge is 0.487 e. The van der Waals surface area contributed by atoms with Gasteiger partial charge in [0, 0.05) is 19.8 Å². The summed E-state index contributed by atoms with van der Waals surface area (Å²) < 4.78 is 28.7. The smallest absolute Gasteiger partial charge is 0.191 e. The molecule has 0 aliphatic carbocycles. The van der Waals surface area contributed by atoms with E-state index in [1.807, 2.05) is 39.0 Å². The Bertz CT molecular complexity index is 727. The molecule has 0 fully saturated rings. The molecule has 6 nitrogen and oxygen atoms in total. The van der Waals surface area contributed by atoms with Crippen molar-refractivity contribution in [2.75, 3.05) is 32.1 Å². The Labute approximate surface area is 191 Å². The Kier molecular flexibility index (Phi) is 12.4. The zero-order chi connectivity index (χ0) is 20.5. The van der Waals surface area contributed by atoms with E-state index in [-0.39, 0.29) is 41.2 Å². The molecule has 1 atom stereocenters. The third-order valence-electron chi connectivity index (χ3n) is 4.19. The Morgan fingerprint density at radius 3 is 2.46 bits per heavy atom. The van der Waals surface area contributed by atoms with E-state index in [2.05, 4.69) is 15.6 Å². The van der Waals surface area contributed by atoms with Crippen LogP contribution < -0.4 is 15.4 Å². The van der Waals surface area contributed by atoms with E-state index in [9.17, 15) is 8.42 Å². The van der Waals surface area contributed by atoms with Gasteiger partial charge in [-0.25, -0.2) is 8.42 Å². The average Bonchev–Trinajstić information content (AvgIpc) is 2.60. The quantitative estimate of drug-likeness (QED) is 0.266. The summed E-state index contributed by atoms with van der Waals surface area (Å²) in [5, 5.41) is 7.11. The van der Waals surface area contributed by atoms with Crippen molar-refractivity contribution in [3.05, 3.63) is 29.3 Å². The number of guanidine groups is 1. The molecule has 28 heavy (non-hydrogen) atoms. The van der Waals surface area contributed by atoms with Crippen LogP contribution in [0.15, 0.2) is 29.3 Å². The van der Waals surface area contributed by atoms with Crippen molar-refractivity contribution in [3.8, 4) is 5.75 Å². The van der Waals surface area contributed by atoms with Gasteiger partial charge in [0.2, 0.25) is 0 Å². The number of para-hydroxylation sites is 1. The van der Waals surface area contributed by atoms with Gasteiger partial charge >= 0.3 is 0 Å². The van der Waals surface area contributed by atoms with Crippen molar-refractivity contribution in [1.82, 2.24) is 10.6 Å². The first kappa shape index (κ1) is 27.3. The van der Waals surface area contributed by atoms with E-state index < -0.39 is 9.84 Å². The molecule has 1 rings (SSSR count). The molecule has 0 bridgehead atoms. The molecule has 1 aromatic carbocycles. The molecule has 0 saturated heterocycles. The summed E-state index contributed by atoms with van der Waals surface area (Å²) in [4.78, 5) is 4.23. The van der Waals surface area contributed by atoms with Crippen LogP contribution in [-0.2, 0) is 9.84 Å². The number of ether oxygens (including phenoxy) is 1. The summed E-state index contributed by atoms with van der Waals surface area (Å²) in [6, 6.07) is 7.41. The molecular weight excluding hydrogens is 513 g/mol. The lowest BCUT2D eigenvalue weighted by atomic mass is 9.90. The second-order valence-electron chi connectivity index (χ2n) is 7.43. The number of rotatable bonds is 10. The SMILES string of the molecule is CCC(CNC(=NC)NCC(C)(C)CCS(C)(=O)=O)Oc1ccccc1Cl.I. The van der Waals surface area contributed by atoms with Gasteiger partial charge in [0.25, 0.3) is 0 Å². The van der Waals surface area contributed by atoms with Crippen molar-refractivity contribution in [1.29, 1.82) is 0 Å². The maximum Gasteiger partial charge on any atom is 0.191 e. The molecule has 9 heteroatoms. The summed E-state index contributed by atoms with van der Waals surface area (Å²) in [5.41, 5.74) is -0.168. The number of hydrogen-bond donors (Lipinski definition) is 2. The monoisotopic (exact) mass is 545 g/mol. The van der Waals surface area contributed by atoms with Gasteiger partial charge in [-0.05, 0) is 30.4 Å². The number of hydrogen-bond acceptors (Lipinski definition) is 4. The minimum absolute atomic E-state index is 0. The molecule has 0 amide bonds. The van der Waals surface area contributed by atoms with Crippen molar-refractivity contribution in [2.24, 2.45) is 10.4 Å². The number of nitrogens with zero attached hydrogens (tertiary/aromatic N) is 1. The lowest BCUT2D eigenvalue weighted by Gasteiger charge is -2.26. The van der Waals surface area contributed by atoms with Gasteiger partial charge in [0.05, 0.1) is 17.3 Å². The fourth-order valence-corrected chi connectivity index (χ4v) is 3.40. The molecule has 0 aromatic heterocycles. The minimum atomic E-state index is -2.96. The van der Waals surface area contributed by atoms with Crippen molar-refractivity contribution < 1.29 is 13.2 Å². The third kappa shape index (κ3) is 11.3. The number of sulfone groups is 1. The lowest BCUT2D eigenvalue weighted by molar-refractivity contribution is 0.199. The highest BCUT2D eigenvalue weighted by molar-refractivity contribution is 14.0. The number of aliphatic imine (C=N–C) groups is 1. The molecular formula is C19H33ClIN3O3S. The number of nitrogens with one attached hydrogen (secondary N) is 2. The first-order valence-electron chi connectivity index (χ1n) is 9.10. The van der Waals surface area contributed by atoms with Crippen LogP contribution in [-0.4, -0.2) is 52.6 Å². The molecule has 0 saturated carbocycles. The third-order valence-corrected chi connectivity index (χ3v) is 5.45. The van der Waals surface area contributed by atoms with E-state index in [0.29, 0.717) is 36.2 Å². The molecule has 0 heterocycles. The zero-order valence-corrected chi connectivity index (χ0v) is 21.2. The fraction of sp³-hybridized carbons (Fsp3) is 0.632. The van der Waals surface area contributed by atoms with Crippen LogP contribution in [0.25, 0.3) is 0 Å². The molecule has 0 aliphatic rings. The van der Waals surface area contributed by atoms with Crippen LogP contribution >= 0.6 is 35.6 Å². The van der Waals surface area contributed by atoms with Crippen molar-refractivity contribution in [3.63, 3.8) is 0 Å². The summed E-state index contributed by atoms with van der Waals surface area (Å²) in [6.45, 7) is 7.31. The second-order valence-corrected chi connectivity index (χ2v) is 10.1. The van der Waals surface area contributed by atoms with Gasteiger partial charge in [-0.1, -0.05) is 44.5 Å². The van der Waals surface area contributed by atoms with E-state index in [4.69, 9.17) is 16.3 Å². The predicted molar refractivity (Wildman–Crippen MR) is 129 cm³/mol. The highest BCUT2D eigenvalue weighted by atomic mass is 127. The highest BCUT2D eigenvalue weighted by Gasteiger charge is 2.21. The Morgan fingerprint density at radius 1 is 1.29 bits per heavy atom. The molecule has 1 aromatic rings. The van der Waals surface area contributed by atoms with E-state index in [1.54, 1.807) is 13.1 Å². The summed E-state index contributed by atoms with van der Waals surface area (Å²) in [5.74, 6) is 1.50. The summed E-state index contributed by atoms with van der Waals surface area (Å²) in [7, 11) is -1.26.